The van der Waals surface area contributed by atoms with E-state index in [9.17, 15) is 9.59 Å². The lowest BCUT2D eigenvalue weighted by Gasteiger charge is -2.29. The molecule has 1 aliphatic carbocycles. The molecule has 20 heavy (non-hydrogen) atoms. The first kappa shape index (κ1) is 14.6. The van der Waals surface area contributed by atoms with Gasteiger partial charge < -0.3 is 10.0 Å². The molecule has 1 aromatic heterocycles. The molecule has 1 aromatic rings. The number of aryl methyl sites for hydroxylation is 1. The van der Waals surface area contributed by atoms with Crippen LogP contribution in [0.4, 0.5) is 0 Å². The Kier molecular flexibility index (Phi) is 4.42. The Hall–Kier alpha value is -1.85. The van der Waals surface area contributed by atoms with Crippen molar-refractivity contribution in [2.45, 2.75) is 32.2 Å². The lowest BCUT2D eigenvalue weighted by Crippen LogP contribution is -2.36. The first-order valence-electron chi connectivity index (χ1n) is 6.92. The molecular weight excluding hydrogens is 258 g/mol. The van der Waals surface area contributed by atoms with Crippen LogP contribution in [0, 0.1) is 11.8 Å². The molecule has 0 spiro atoms. The Bertz CT molecular complexity index is 498. The molecule has 1 heterocycles. The molecule has 1 saturated carbocycles. The van der Waals surface area contributed by atoms with E-state index in [1.165, 1.54) is 0 Å². The van der Waals surface area contributed by atoms with Gasteiger partial charge in [-0.3, -0.25) is 14.3 Å². The molecule has 6 heteroatoms. The summed E-state index contributed by atoms with van der Waals surface area (Å²) < 4.78 is 1.70. The normalized spacial score (nSPS) is 22.5. The summed E-state index contributed by atoms with van der Waals surface area (Å²) in [4.78, 5) is 25.1. The van der Waals surface area contributed by atoms with Crippen LogP contribution in [0.2, 0.25) is 0 Å². The van der Waals surface area contributed by atoms with Crippen LogP contribution in [0.3, 0.4) is 0 Å². The predicted octanol–water partition coefficient (Wildman–Crippen LogP) is 1.27. The fourth-order valence-electron chi connectivity index (χ4n) is 2.86. The highest BCUT2D eigenvalue weighted by Gasteiger charge is 2.32. The van der Waals surface area contributed by atoms with Crippen molar-refractivity contribution in [3.05, 3.63) is 18.0 Å². The third kappa shape index (κ3) is 3.37. The number of aliphatic carboxylic acids is 1. The Balaban J connectivity index is 1.94. The van der Waals surface area contributed by atoms with Crippen molar-refractivity contribution in [1.82, 2.24) is 14.7 Å². The number of nitrogens with zero attached hydrogens (tertiary/aromatic N) is 3. The van der Waals surface area contributed by atoms with Gasteiger partial charge in [0, 0.05) is 38.3 Å². The van der Waals surface area contributed by atoms with Crippen LogP contribution in [0.15, 0.2) is 12.4 Å². The van der Waals surface area contributed by atoms with Crippen LogP contribution >= 0.6 is 0 Å². The summed E-state index contributed by atoms with van der Waals surface area (Å²) in [5.41, 5.74) is 0.981. The Labute approximate surface area is 118 Å². The van der Waals surface area contributed by atoms with Crippen LogP contribution in [0.25, 0.3) is 0 Å². The standard InChI is InChI=1S/C14H21N3O3/c1-16(8-10-7-15-17(2)9-10)13(18)11-4-3-5-12(6-11)14(19)20/h7,9,11-12H,3-6,8H2,1-2H3,(H,19,20)/t11-,12+/m1/s1. The minimum absolute atomic E-state index is 0.0415. The zero-order chi connectivity index (χ0) is 14.7. The van der Waals surface area contributed by atoms with E-state index in [0.29, 0.717) is 19.4 Å². The van der Waals surface area contributed by atoms with Gasteiger partial charge in [0.2, 0.25) is 5.91 Å². The fraction of sp³-hybridized carbons (Fsp3) is 0.643. The average molecular weight is 279 g/mol. The van der Waals surface area contributed by atoms with Crippen molar-refractivity contribution < 1.29 is 14.7 Å². The molecule has 6 nitrogen and oxygen atoms in total. The molecule has 1 amide bonds. The number of carbonyl (C=O) groups is 2. The van der Waals surface area contributed by atoms with Crippen molar-refractivity contribution in [1.29, 1.82) is 0 Å². The number of amides is 1. The molecular formula is C14H21N3O3. The van der Waals surface area contributed by atoms with E-state index in [0.717, 1.165) is 18.4 Å². The zero-order valence-electron chi connectivity index (χ0n) is 12.0. The number of rotatable bonds is 4. The van der Waals surface area contributed by atoms with Gasteiger partial charge in [-0.2, -0.15) is 5.10 Å². The number of hydrogen-bond acceptors (Lipinski definition) is 3. The summed E-state index contributed by atoms with van der Waals surface area (Å²) in [6.45, 7) is 0.515. The van der Waals surface area contributed by atoms with Crippen LogP contribution in [-0.2, 0) is 23.2 Å². The molecule has 0 aliphatic heterocycles. The maximum Gasteiger partial charge on any atom is 0.306 e. The third-order valence-electron chi connectivity index (χ3n) is 3.93. The van der Waals surface area contributed by atoms with E-state index in [-0.39, 0.29) is 17.7 Å². The van der Waals surface area contributed by atoms with Gasteiger partial charge in [-0.15, -0.1) is 0 Å². The van der Waals surface area contributed by atoms with Crippen molar-refractivity contribution in [2.24, 2.45) is 18.9 Å². The van der Waals surface area contributed by atoms with Crippen LogP contribution < -0.4 is 0 Å². The third-order valence-corrected chi connectivity index (χ3v) is 3.93. The lowest BCUT2D eigenvalue weighted by atomic mass is 9.81. The van der Waals surface area contributed by atoms with Gasteiger partial charge in [0.05, 0.1) is 12.1 Å². The van der Waals surface area contributed by atoms with Gasteiger partial charge in [0.15, 0.2) is 0 Å². The first-order chi connectivity index (χ1) is 9.47. The molecule has 110 valence electrons. The summed E-state index contributed by atoms with van der Waals surface area (Å²) in [6, 6.07) is 0. The second kappa shape index (κ2) is 6.07. The summed E-state index contributed by atoms with van der Waals surface area (Å²) >= 11 is 0. The van der Waals surface area contributed by atoms with Gasteiger partial charge in [-0.1, -0.05) is 6.42 Å². The number of aromatic nitrogens is 2. The van der Waals surface area contributed by atoms with E-state index in [4.69, 9.17) is 5.11 Å². The van der Waals surface area contributed by atoms with Gasteiger partial charge in [-0.25, -0.2) is 0 Å². The highest BCUT2D eigenvalue weighted by Crippen LogP contribution is 2.30. The molecule has 0 radical (unpaired) electrons. The number of carbonyl (C=O) groups excluding carboxylic acids is 1. The number of hydrogen-bond donors (Lipinski definition) is 1. The number of carboxylic acids is 1. The summed E-state index contributed by atoms with van der Waals surface area (Å²) in [6.07, 6.45) is 6.38. The molecule has 0 saturated heterocycles. The molecule has 1 aliphatic rings. The minimum atomic E-state index is -0.780. The first-order valence-corrected chi connectivity index (χ1v) is 6.92. The lowest BCUT2D eigenvalue weighted by molar-refractivity contribution is -0.145. The topological polar surface area (TPSA) is 75.4 Å². The Morgan fingerprint density at radius 2 is 2.15 bits per heavy atom. The SMILES string of the molecule is CN(Cc1cnn(C)c1)C(=O)[C@@H]1CCC[C@H](C(=O)O)C1. The fourth-order valence-corrected chi connectivity index (χ4v) is 2.86. The highest BCUT2D eigenvalue weighted by atomic mass is 16.4. The molecule has 1 fully saturated rings. The summed E-state index contributed by atoms with van der Waals surface area (Å²) in [5.74, 6) is -1.27. The maximum absolute atomic E-state index is 12.4. The molecule has 0 bridgehead atoms. The van der Waals surface area contributed by atoms with Crippen LogP contribution in [-0.4, -0.2) is 38.7 Å². The van der Waals surface area contributed by atoms with Gasteiger partial charge >= 0.3 is 5.97 Å². The molecule has 0 unspecified atom stereocenters. The zero-order valence-corrected chi connectivity index (χ0v) is 12.0. The van der Waals surface area contributed by atoms with E-state index < -0.39 is 5.97 Å². The van der Waals surface area contributed by atoms with Crippen LogP contribution in [0.5, 0.6) is 0 Å². The summed E-state index contributed by atoms with van der Waals surface area (Å²) in [7, 11) is 3.60. The van der Waals surface area contributed by atoms with E-state index in [1.807, 2.05) is 13.2 Å². The van der Waals surface area contributed by atoms with Crippen LogP contribution in [0.1, 0.15) is 31.2 Å². The second-order valence-corrected chi connectivity index (χ2v) is 5.62. The van der Waals surface area contributed by atoms with Crippen molar-refractivity contribution >= 4 is 11.9 Å². The van der Waals surface area contributed by atoms with Gasteiger partial charge in [0.1, 0.15) is 0 Å². The van der Waals surface area contributed by atoms with Crippen molar-refractivity contribution in [2.75, 3.05) is 7.05 Å². The maximum atomic E-state index is 12.4. The van der Waals surface area contributed by atoms with Gasteiger partial charge in [0.25, 0.3) is 0 Å². The Morgan fingerprint density at radius 3 is 2.75 bits per heavy atom. The molecule has 2 atom stereocenters. The monoisotopic (exact) mass is 279 g/mol. The highest BCUT2D eigenvalue weighted by molar-refractivity contribution is 5.80. The van der Waals surface area contributed by atoms with E-state index in [2.05, 4.69) is 5.10 Å². The van der Waals surface area contributed by atoms with Crippen molar-refractivity contribution in [3.8, 4) is 0 Å². The summed E-state index contributed by atoms with van der Waals surface area (Å²) in [5, 5.41) is 13.2. The van der Waals surface area contributed by atoms with Crippen molar-refractivity contribution in [3.63, 3.8) is 0 Å². The smallest absolute Gasteiger partial charge is 0.306 e. The molecule has 1 N–H and O–H groups in total. The molecule has 2 rings (SSSR count). The minimum Gasteiger partial charge on any atom is -0.481 e. The van der Waals surface area contributed by atoms with E-state index >= 15 is 0 Å². The Morgan fingerprint density at radius 1 is 1.45 bits per heavy atom. The predicted molar refractivity (Wildman–Crippen MR) is 72.8 cm³/mol. The van der Waals surface area contributed by atoms with E-state index in [1.54, 1.807) is 22.8 Å². The molecule has 0 aromatic carbocycles. The van der Waals surface area contributed by atoms with Gasteiger partial charge in [-0.05, 0) is 19.3 Å². The second-order valence-electron chi connectivity index (χ2n) is 5.62. The number of carboxylic acid groups (broad SMARTS) is 1. The largest absolute Gasteiger partial charge is 0.481 e. The average Bonchev–Trinajstić information content (AvgIpc) is 2.83. The quantitative estimate of drug-likeness (QED) is 0.900.